The number of benzene rings is 2. The molecule has 0 spiro atoms. The third-order valence-corrected chi connectivity index (χ3v) is 3.87. The van der Waals surface area contributed by atoms with Gasteiger partial charge in [0, 0.05) is 31.9 Å². The Balaban J connectivity index is 0.00000115. The summed E-state index contributed by atoms with van der Waals surface area (Å²) in [4.78, 5) is 2.22. The molecule has 1 atom stereocenters. The van der Waals surface area contributed by atoms with E-state index in [1.54, 1.807) is 0 Å². The molecule has 0 saturated carbocycles. The first kappa shape index (κ1) is 12.6. The SMILES string of the molecule is [Ir].[c-]1cccc2c1C1[N-]c3ccccc3N1c1ccnn1-2. The van der Waals surface area contributed by atoms with E-state index in [0.29, 0.717) is 0 Å². The molecule has 105 valence electrons. The van der Waals surface area contributed by atoms with E-state index in [1.807, 2.05) is 41.2 Å². The average molecular weight is 451 g/mol. The van der Waals surface area contributed by atoms with E-state index in [4.69, 9.17) is 5.32 Å². The van der Waals surface area contributed by atoms with E-state index in [0.717, 1.165) is 28.4 Å². The van der Waals surface area contributed by atoms with Crippen molar-refractivity contribution in [3.8, 4) is 5.69 Å². The molecule has 2 aliphatic rings. The quantitative estimate of drug-likeness (QED) is 0.488. The van der Waals surface area contributed by atoms with Crippen molar-refractivity contribution in [1.29, 1.82) is 0 Å². The van der Waals surface area contributed by atoms with Gasteiger partial charge in [-0.2, -0.15) is 23.3 Å². The van der Waals surface area contributed by atoms with Crippen LogP contribution in [0.4, 0.5) is 17.2 Å². The maximum absolute atomic E-state index is 4.85. The van der Waals surface area contributed by atoms with Crippen LogP contribution in [0.5, 0.6) is 0 Å². The van der Waals surface area contributed by atoms with E-state index in [2.05, 4.69) is 34.3 Å². The monoisotopic (exact) mass is 451 g/mol. The molecule has 5 heteroatoms. The number of nitrogens with zero attached hydrogens (tertiary/aromatic N) is 4. The molecule has 3 heterocycles. The molecule has 1 aromatic heterocycles. The fraction of sp³-hybridized carbons (Fsp3) is 0.0625. The van der Waals surface area contributed by atoms with Crippen LogP contribution < -0.4 is 4.90 Å². The van der Waals surface area contributed by atoms with Crippen molar-refractivity contribution in [2.75, 3.05) is 4.90 Å². The summed E-state index contributed by atoms with van der Waals surface area (Å²) >= 11 is 0. The van der Waals surface area contributed by atoms with Crippen LogP contribution in [0, 0.1) is 6.07 Å². The molecular formula is C16H10IrN4-2. The van der Waals surface area contributed by atoms with Crippen LogP contribution >= 0.6 is 0 Å². The predicted molar refractivity (Wildman–Crippen MR) is 76.7 cm³/mol. The van der Waals surface area contributed by atoms with Gasteiger partial charge in [-0.3, -0.25) is 4.68 Å². The van der Waals surface area contributed by atoms with Crippen molar-refractivity contribution in [2.45, 2.75) is 6.17 Å². The first-order chi connectivity index (χ1) is 9.93. The number of rotatable bonds is 0. The van der Waals surface area contributed by atoms with Gasteiger partial charge in [-0.05, 0) is 17.9 Å². The minimum Gasteiger partial charge on any atom is -0.661 e. The zero-order valence-corrected chi connectivity index (χ0v) is 13.3. The smallest absolute Gasteiger partial charge is 0.123 e. The topological polar surface area (TPSA) is 35.2 Å². The zero-order valence-electron chi connectivity index (χ0n) is 10.9. The first-order valence-electron chi connectivity index (χ1n) is 6.57. The molecule has 0 amide bonds. The van der Waals surface area contributed by atoms with E-state index < -0.39 is 0 Å². The zero-order chi connectivity index (χ0) is 13.1. The largest absolute Gasteiger partial charge is 0.661 e. The van der Waals surface area contributed by atoms with Crippen LogP contribution in [-0.2, 0) is 20.1 Å². The van der Waals surface area contributed by atoms with Crippen LogP contribution in [-0.4, -0.2) is 9.78 Å². The van der Waals surface area contributed by atoms with Gasteiger partial charge in [0.25, 0.3) is 0 Å². The Morgan fingerprint density at radius 2 is 1.90 bits per heavy atom. The van der Waals surface area contributed by atoms with Gasteiger partial charge in [0.05, 0.1) is 6.20 Å². The van der Waals surface area contributed by atoms with Gasteiger partial charge in [0.15, 0.2) is 0 Å². The Morgan fingerprint density at radius 3 is 2.86 bits per heavy atom. The maximum atomic E-state index is 4.85. The van der Waals surface area contributed by atoms with E-state index in [1.165, 1.54) is 0 Å². The van der Waals surface area contributed by atoms with Crippen LogP contribution in [0.25, 0.3) is 11.0 Å². The Morgan fingerprint density at radius 1 is 1.05 bits per heavy atom. The van der Waals surface area contributed by atoms with Gasteiger partial charge in [0.2, 0.25) is 0 Å². The minimum atomic E-state index is -0.0344. The van der Waals surface area contributed by atoms with Gasteiger partial charge >= 0.3 is 0 Å². The van der Waals surface area contributed by atoms with Crippen LogP contribution in [0.2, 0.25) is 0 Å². The van der Waals surface area contributed by atoms with Gasteiger partial charge < -0.3 is 10.2 Å². The first-order valence-corrected chi connectivity index (χ1v) is 6.57. The molecule has 1 unspecified atom stereocenters. The molecule has 21 heavy (non-hydrogen) atoms. The Kier molecular flexibility index (Phi) is 2.67. The second kappa shape index (κ2) is 4.45. The normalized spacial score (nSPS) is 17.0. The number of hydrogen-bond donors (Lipinski definition) is 0. The molecule has 0 N–H and O–H groups in total. The fourth-order valence-electron chi connectivity index (χ4n) is 3.04. The van der Waals surface area contributed by atoms with E-state index in [-0.39, 0.29) is 26.3 Å². The number of fused-ring (bicyclic) bond motifs is 8. The number of anilines is 2. The third kappa shape index (κ3) is 1.56. The molecule has 1 radical (unpaired) electrons. The van der Waals surface area contributed by atoms with Crippen molar-refractivity contribution < 1.29 is 20.1 Å². The summed E-state index contributed by atoms with van der Waals surface area (Å²) in [6, 6.07) is 19.6. The summed E-state index contributed by atoms with van der Waals surface area (Å²) in [5.41, 5.74) is 4.28. The second-order valence-corrected chi connectivity index (χ2v) is 4.93. The summed E-state index contributed by atoms with van der Waals surface area (Å²) in [6.07, 6.45) is 1.79. The summed E-state index contributed by atoms with van der Waals surface area (Å²) in [6.45, 7) is 0. The summed E-state index contributed by atoms with van der Waals surface area (Å²) in [7, 11) is 0. The second-order valence-electron chi connectivity index (χ2n) is 4.93. The standard InChI is InChI=1S/C16H10N4.Ir/c1-3-7-13-11(5-1)16-18-12-6-2-4-8-14(12)19(16)15-9-10-17-20(13)15;/h1-4,6-10,16H;/q-2;. The van der Waals surface area contributed by atoms with Crippen molar-refractivity contribution in [3.05, 3.63) is 71.7 Å². The molecule has 0 saturated heterocycles. The molecule has 3 aromatic rings. The molecule has 0 aliphatic carbocycles. The molecule has 5 rings (SSSR count). The van der Waals surface area contributed by atoms with Gasteiger partial charge in [-0.15, -0.1) is 17.3 Å². The molecule has 4 nitrogen and oxygen atoms in total. The summed E-state index contributed by atoms with van der Waals surface area (Å²) in [5.74, 6) is 1.05. The van der Waals surface area contributed by atoms with Crippen molar-refractivity contribution in [3.63, 3.8) is 0 Å². The third-order valence-electron chi connectivity index (χ3n) is 3.87. The van der Waals surface area contributed by atoms with Crippen molar-refractivity contribution in [2.24, 2.45) is 0 Å². The van der Waals surface area contributed by atoms with Crippen LogP contribution in [0.3, 0.4) is 0 Å². The van der Waals surface area contributed by atoms with Crippen LogP contribution in [0.1, 0.15) is 11.7 Å². The number of hydrogen-bond acceptors (Lipinski definition) is 2. The van der Waals surface area contributed by atoms with Gasteiger partial charge in [-0.25, -0.2) is 0 Å². The van der Waals surface area contributed by atoms with Crippen LogP contribution in [0.15, 0.2) is 54.7 Å². The molecule has 0 fully saturated rings. The molecule has 2 aliphatic heterocycles. The molecule has 2 aromatic carbocycles. The minimum absolute atomic E-state index is 0. The fourth-order valence-corrected chi connectivity index (χ4v) is 3.04. The maximum Gasteiger partial charge on any atom is 0.123 e. The summed E-state index contributed by atoms with van der Waals surface area (Å²) in [5, 5.41) is 9.29. The Hall–Kier alpha value is -2.10. The molecular weight excluding hydrogens is 440 g/mol. The van der Waals surface area contributed by atoms with Crippen molar-refractivity contribution >= 4 is 17.2 Å². The average Bonchev–Trinajstić information content (AvgIpc) is 3.11. The Bertz CT molecular complexity index is 826. The van der Waals surface area contributed by atoms with E-state index in [9.17, 15) is 0 Å². The van der Waals surface area contributed by atoms with E-state index >= 15 is 0 Å². The van der Waals surface area contributed by atoms with Gasteiger partial charge in [0.1, 0.15) is 5.82 Å². The van der Waals surface area contributed by atoms with Crippen molar-refractivity contribution in [1.82, 2.24) is 9.78 Å². The summed E-state index contributed by atoms with van der Waals surface area (Å²) < 4.78 is 1.96. The number of aromatic nitrogens is 2. The van der Waals surface area contributed by atoms with Gasteiger partial charge in [-0.1, -0.05) is 18.2 Å². The number of para-hydroxylation sites is 2. The molecule has 0 bridgehead atoms. The Labute approximate surface area is 135 Å². The predicted octanol–water partition coefficient (Wildman–Crippen LogP) is 3.84.